The Bertz CT molecular complexity index is 593. The summed E-state index contributed by atoms with van der Waals surface area (Å²) >= 11 is 5.97. The van der Waals surface area contributed by atoms with E-state index in [-0.39, 0.29) is 18.0 Å². The van der Waals surface area contributed by atoms with Gasteiger partial charge in [0.25, 0.3) is 0 Å². The fourth-order valence-corrected chi connectivity index (χ4v) is 3.60. The number of carboxylic acid groups (broad SMARTS) is 1. The van der Waals surface area contributed by atoms with E-state index >= 15 is 0 Å². The third kappa shape index (κ3) is 3.83. The normalized spacial score (nSPS) is 20.3. The van der Waals surface area contributed by atoms with E-state index in [0.29, 0.717) is 36.9 Å². The third-order valence-corrected chi connectivity index (χ3v) is 5.51. The number of rotatable bonds is 4. The number of hydrogen-bond donors (Lipinski definition) is 2. The third-order valence-electron chi connectivity index (χ3n) is 5.26. The summed E-state index contributed by atoms with van der Waals surface area (Å²) < 4.78 is 0. The van der Waals surface area contributed by atoms with Gasteiger partial charge in [-0.25, -0.2) is 4.79 Å². The van der Waals surface area contributed by atoms with Crippen molar-refractivity contribution in [3.63, 3.8) is 0 Å². The quantitative estimate of drug-likeness (QED) is 0.870. The van der Waals surface area contributed by atoms with Crippen LogP contribution in [0.15, 0.2) is 24.3 Å². The molecule has 2 aliphatic rings. The molecule has 1 atom stereocenters. The number of nitrogens with zero attached hydrogens (tertiary/aromatic N) is 1. The number of piperidine rings is 1. The lowest BCUT2D eigenvalue weighted by Crippen LogP contribution is -2.48. The highest BCUT2D eigenvalue weighted by Gasteiger charge is 2.32. The second-order valence-electron chi connectivity index (χ2n) is 6.77. The van der Waals surface area contributed by atoms with Crippen LogP contribution in [0.25, 0.3) is 0 Å². The molecule has 0 bridgehead atoms. The fraction of sp³-hybridized carbons (Fsp3) is 0.556. The maximum absolute atomic E-state index is 12.6. The highest BCUT2D eigenvalue weighted by Crippen LogP contribution is 2.38. The van der Waals surface area contributed by atoms with Crippen LogP contribution in [0.1, 0.15) is 43.7 Å². The van der Waals surface area contributed by atoms with E-state index in [1.54, 1.807) is 4.90 Å². The van der Waals surface area contributed by atoms with Gasteiger partial charge in [0, 0.05) is 18.1 Å². The zero-order valence-corrected chi connectivity index (χ0v) is 14.3. The zero-order valence-electron chi connectivity index (χ0n) is 13.6. The molecule has 6 heteroatoms. The standard InChI is InChI=1S/C18H23ClN2O3/c19-15-6-4-13(5-7-15)16(12-2-1-3-12)20-18(24)21-10-8-14(9-11-21)17(22)23/h4-7,12,14,16H,1-3,8-11H2,(H,20,24)(H,22,23). The predicted octanol–water partition coefficient (Wildman–Crippen LogP) is 3.69. The Hall–Kier alpha value is -1.75. The van der Waals surface area contributed by atoms with Crippen molar-refractivity contribution < 1.29 is 14.7 Å². The number of carbonyl (C=O) groups is 2. The number of likely N-dealkylation sites (tertiary alicyclic amines) is 1. The predicted molar refractivity (Wildman–Crippen MR) is 92.0 cm³/mol. The highest BCUT2D eigenvalue weighted by atomic mass is 35.5. The summed E-state index contributed by atoms with van der Waals surface area (Å²) in [6.45, 7) is 1.00. The SMILES string of the molecule is O=C(O)C1CCN(C(=O)NC(c2ccc(Cl)cc2)C2CCC2)CC1. The first kappa shape index (κ1) is 17.1. The van der Waals surface area contributed by atoms with Crippen molar-refractivity contribution >= 4 is 23.6 Å². The van der Waals surface area contributed by atoms with Crippen LogP contribution < -0.4 is 5.32 Å². The Morgan fingerprint density at radius 1 is 1.12 bits per heavy atom. The Morgan fingerprint density at radius 2 is 1.75 bits per heavy atom. The van der Waals surface area contributed by atoms with Crippen LogP contribution in [0.5, 0.6) is 0 Å². The number of benzene rings is 1. The lowest BCUT2D eigenvalue weighted by atomic mass is 9.77. The minimum Gasteiger partial charge on any atom is -0.481 e. The number of carboxylic acids is 1. The molecule has 0 radical (unpaired) electrons. The Labute approximate surface area is 147 Å². The largest absolute Gasteiger partial charge is 0.481 e. The number of nitrogens with one attached hydrogen (secondary N) is 1. The molecule has 1 aromatic carbocycles. The van der Waals surface area contributed by atoms with Crippen LogP contribution in [0.4, 0.5) is 4.79 Å². The van der Waals surface area contributed by atoms with Gasteiger partial charge < -0.3 is 15.3 Å². The number of aliphatic carboxylic acids is 1. The Kier molecular flexibility index (Phi) is 5.29. The van der Waals surface area contributed by atoms with Gasteiger partial charge >= 0.3 is 12.0 Å². The molecule has 1 saturated carbocycles. The molecule has 1 heterocycles. The lowest BCUT2D eigenvalue weighted by molar-refractivity contribution is -0.143. The Balaban J connectivity index is 1.63. The summed E-state index contributed by atoms with van der Waals surface area (Å²) in [5, 5.41) is 12.9. The molecule has 1 aliphatic carbocycles. The van der Waals surface area contributed by atoms with E-state index in [1.165, 1.54) is 6.42 Å². The van der Waals surface area contributed by atoms with Crippen LogP contribution in [-0.2, 0) is 4.79 Å². The second-order valence-corrected chi connectivity index (χ2v) is 7.21. The summed E-state index contributed by atoms with van der Waals surface area (Å²) in [5.41, 5.74) is 1.08. The molecule has 2 fully saturated rings. The summed E-state index contributed by atoms with van der Waals surface area (Å²) in [6, 6.07) is 7.57. The molecule has 0 aromatic heterocycles. The molecule has 1 aliphatic heterocycles. The van der Waals surface area contributed by atoms with E-state index < -0.39 is 5.97 Å². The second kappa shape index (κ2) is 7.43. The van der Waals surface area contributed by atoms with Gasteiger partial charge in [-0.3, -0.25) is 4.79 Å². The van der Waals surface area contributed by atoms with Gasteiger partial charge in [-0.1, -0.05) is 30.2 Å². The lowest BCUT2D eigenvalue weighted by Gasteiger charge is -2.37. The molecule has 3 rings (SSSR count). The average molecular weight is 351 g/mol. The van der Waals surface area contributed by atoms with Crippen LogP contribution in [-0.4, -0.2) is 35.1 Å². The molecule has 2 amide bonds. The number of urea groups is 1. The minimum atomic E-state index is -0.761. The van der Waals surface area contributed by atoms with Gasteiger partial charge in [0.15, 0.2) is 0 Å². The van der Waals surface area contributed by atoms with Gasteiger partial charge in [-0.05, 0) is 49.3 Å². The van der Waals surface area contributed by atoms with E-state index in [1.807, 2.05) is 24.3 Å². The molecule has 5 nitrogen and oxygen atoms in total. The number of hydrogen-bond acceptors (Lipinski definition) is 2. The topological polar surface area (TPSA) is 69.6 Å². The van der Waals surface area contributed by atoms with E-state index in [9.17, 15) is 9.59 Å². The van der Waals surface area contributed by atoms with Crippen molar-refractivity contribution in [1.29, 1.82) is 0 Å². The Morgan fingerprint density at radius 3 is 2.25 bits per heavy atom. The fourth-order valence-electron chi connectivity index (χ4n) is 3.47. The van der Waals surface area contributed by atoms with Crippen molar-refractivity contribution in [2.24, 2.45) is 11.8 Å². The summed E-state index contributed by atoms with van der Waals surface area (Å²) in [6.07, 6.45) is 4.49. The molecule has 1 unspecified atom stereocenters. The van der Waals surface area contributed by atoms with E-state index in [4.69, 9.17) is 16.7 Å². The van der Waals surface area contributed by atoms with Gasteiger partial charge in [0.1, 0.15) is 0 Å². The first-order chi connectivity index (χ1) is 11.5. The molecule has 1 aromatic rings. The van der Waals surface area contributed by atoms with Crippen LogP contribution >= 0.6 is 11.6 Å². The first-order valence-corrected chi connectivity index (χ1v) is 8.96. The van der Waals surface area contributed by atoms with E-state index in [2.05, 4.69) is 5.32 Å². The van der Waals surface area contributed by atoms with Crippen molar-refractivity contribution in [3.05, 3.63) is 34.9 Å². The van der Waals surface area contributed by atoms with Crippen molar-refractivity contribution in [1.82, 2.24) is 10.2 Å². The number of halogens is 1. The van der Waals surface area contributed by atoms with Crippen LogP contribution in [0.2, 0.25) is 5.02 Å². The minimum absolute atomic E-state index is 0.000661. The smallest absolute Gasteiger partial charge is 0.317 e. The molecule has 1 saturated heterocycles. The maximum atomic E-state index is 12.6. The molecule has 130 valence electrons. The van der Waals surface area contributed by atoms with Crippen molar-refractivity contribution in [2.45, 2.75) is 38.1 Å². The first-order valence-electron chi connectivity index (χ1n) is 8.58. The number of carbonyl (C=O) groups excluding carboxylic acids is 1. The molecular formula is C18H23ClN2O3. The molecule has 2 N–H and O–H groups in total. The maximum Gasteiger partial charge on any atom is 0.317 e. The molecule has 0 spiro atoms. The van der Waals surface area contributed by atoms with Crippen molar-refractivity contribution in [2.75, 3.05) is 13.1 Å². The van der Waals surface area contributed by atoms with E-state index in [0.717, 1.165) is 18.4 Å². The molecular weight excluding hydrogens is 328 g/mol. The van der Waals surface area contributed by atoms with Crippen molar-refractivity contribution in [3.8, 4) is 0 Å². The van der Waals surface area contributed by atoms with Crippen LogP contribution in [0, 0.1) is 11.8 Å². The summed E-state index contributed by atoms with van der Waals surface area (Å²) in [5.74, 6) is -0.622. The summed E-state index contributed by atoms with van der Waals surface area (Å²) in [7, 11) is 0. The van der Waals surface area contributed by atoms with Gasteiger partial charge in [0.05, 0.1) is 12.0 Å². The number of amides is 2. The summed E-state index contributed by atoms with van der Waals surface area (Å²) in [4.78, 5) is 25.4. The van der Waals surface area contributed by atoms with Gasteiger partial charge in [0.2, 0.25) is 0 Å². The monoisotopic (exact) mass is 350 g/mol. The van der Waals surface area contributed by atoms with Crippen LogP contribution in [0.3, 0.4) is 0 Å². The molecule has 24 heavy (non-hydrogen) atoms. The zero-order chi connectivity index (χ0) is 17.1. The average Bonchev–Trinajstić information content (AvgIpc) is 2.53. The van der Waals surface area contributed by atoms with Gasteiger partial charge in [-0.15, -0.1) is 0 Å². The highest BCUT2D eigenvalue weighted by molar-refractivity contribution is 6.30. The van der Waals surface area contributed by atoms with Gasteiger partial charge in [-0.2, -0.15) is 0 Å².